The Morgan fingerprint density at radius 2 is 1.94 bits per heavy atom. The molecule has 0 spiro atoms. The summed E-state index contributed by atoms with van der Waals surface area (Å²) >= 11 is 0. The van der Waals surface area contributed by atoms with Gasteiger partial charge in [-0.15, -0.1) is 0 Å². The molecule has 0 radical (unpaired) electrons. The predicted octanol–water partition coefficient (Wildman–Crippen LogP) is 1.81. The first-order valence-corrected chi connectivity index (χ1v) is 5.66. The third-order valence-electron chi connectivity index (χ3n) is 2.91. The van der Waals surface area contributed by atoms with Gasteiger partial charge in [0.05, 0.1) is 7.11 Å². The van der Waals surface area contributed by atoms with Crippen LogP contribution in [0, 0.1) is 0 Å². The Hall–Kier alpha value is -1.91. The second-order valence-corrected chi connectivity index (χ2v) is 3.99. The Morgan fingerprint density at radius 3 is 2.67 bits per heavy atom. The highest BCUT2D eigenvalue weighted by Gasteiger charge is 2.20. The second-order valence-electron chi connectivity index (χ2n) is 3.99. The summed E-state index contributed by atoms with van der Waals surface area (Å²) in [5.74, 6) is 4.67. The van der Waals surface area contributed by atoms with Crippen molar-refractivity contribution in [3.8, 4) is 0 Å². The van der Waals surface area contributed by atoms with Gasteiger partial charge in [0, 0.05) is 6.42 Å². The van der Waals surface area contributed by atoms with Crippen molar-refractivity contribution in [1.82, 2.24) is 0 Å². The van der Waals surface area contributed by atoms with Crippen molar-refractivity contribution in [1.29, 1.82) is 0 Å². The molecule has 2 aromatic rings. The molecule has 0 saturated carbocycles. The first kappa shape index (κ1) is 12.5. The number of fused-ring (bicyclic) bond motifs is 1. The molecule has 94 valence electrons. The Labute approximate surface area is 105 Å². The summed E-state index contributed by atoms with van der Waals surface area (Å²) in [4.78, 5) is 16.1. The minimum absolute atomic E-state index is 0.393. The fourth-order valence-corrected chi connectivity index (χ4v) is 1.99. The fraction of sp³-hybridized carbons (Fsp3) is 0.214. The van der Waals surface area contributed by atoms with Gasteiger partial charge in [-0.2, -0.15) is 0 Å². The molecule has 0 saturated heterocycles. The molecule has 0 aliphatic carbocycles. The molecule has 0 aliphatic rings. The Bertz CT molecular complexity index is 548. The van der Waals surface area contributed by atoms with Crippen LogP contribution in [0.3, 0.4) is 0 Å². The third-order valence-corrected chi connectivity index (χ3v) is 2.91. The summed E-state index contributed by atoms with van der Waals surface area (Å²) in [6.45, 7) is 0. The van der Waals surface area contributed by atoms with Gasteiger partial charge in [0.1, 0.15) is 0 Å². The van der Waals surface area contributed by atoms with Crippen LogP contribution in [-0.2, 0) is 20.8 Å². The fourth-order valence-electron chi connectivity index (χ4n) is 1.99. The molecule has 0 aromatic heterocycles. The van der Waals surface area contributed by atoms with Gasteiger partial charge in [-0.05, 0) is 16.3 Å². The van der Waals surface area contributed by atoms with E-state index in [9.17, 15) is 4.79 Å². The molecule has 4 heteroatoms. The summed E-state index contributed by atoms with van der Waals surface area (Å²) in [7, 11) is 1.32. The van der Waals surface area contributed by atoms with Crippen LogP contribution in [0.25, 0.3) is 10.8 Å². The van der Waals surface area contributed by atoms with Gasteiger partial charge in [-0.3, -0.25) is 4.84 Å². The smallest absolute Gasteiger partial charge is 0.337 e. The van der Waals surface area contributed by atoms with Crippen molar-refractivity contribution in [2.75, 3.05) is 7.11 Å². The molecule has 1 atom stereocenters. The topological polar surface area (TPSA) is 61.5 Å². The summed E-state index contributed by atoms with van der Waals surface area (Å²) in [6.07, 6.45) is -0.384. The van der Waals surface area contributed by atoms with Crippen molar-refractivity contribution in [3.05, 3.63) is 48.0 Å². The Morgan fingerprint density at radius 1 is 1.22 bits per heavy atom. The van der Waals surface area contributed by atoms with E-state index in [0.717, 1.165) is 16.3 Å². The molecule has 2 aromatic carbocycles. The monoisotopic (exact) mass is 245 g/mol. The summed E-state index contributed by atoms with van der Waals surface area (Å²) in [5.41, 5.74) is 1.01. The molecular weight excluding hydrogens is 230 g/mol. The zero-order valence-corrected chi connectivity index (χ0v) is 10.1. The van der Waals surface area contributed by atoms with Crippen LogP contribution in [0.5, 0.6) is 0 Å². The van der Waals surface area contributed by atoms with Crippen LogP contribution < -0.4 is 5.90 Å². The van der Waals surface area contributed by atoms with Crippen molar-refractivity contribution in [2.45, 2.75) is 12.5 Å². The maximum Gasteiger partial charge on any atom is 0.337 e. The maximum atomic E-state index is 11.5. The van der Waals surface area contributed by atoms with Crippen LogP contribution >= 0.6 is 0 Å². The molecule has 0 fully saturated rings. The van der Waals surface area contributed by atoms with Gasteiger partial charge in [0.15, 0.2) is 6.10 Å². The molecule has 0 unspecified atom stereocenters. The highest BCUT2D eigenvalue weighted by Crippen LogP contribution is 2.20. The number of hydrogen-bond acceptors (Lipinski definition) is 4. The zero-order valence-electron chi connectivity index (χ0n) is 10.1. The van der Waals surface area contributed by atoms with Crippen molar-refractivity contribution < 1.29 is 14.4 Å². The molecule has 0 heterocycles. The van der Waals surface area contributed by atoms with Gasteiger partial charge in [0.25, 0.3) is 0 Å². The van der Waals surface area contributed by atoms with Crippen LogP contribution in [0.2, 0.25) is 0 Å². The van der Waals surface area contributed by atoms with Crippen LogP contribution in [-0.4, -0.2) is 19.2 Å². The number of hydrogen-bond donors (Lipinski definition) is 1. The van der Waals surface area contributed by atoms with E-state index in [0.29, 0.717) is 6.42 Å². The molecule has 4 nitrogen and oxygen atoms in total. The van der Waals surface area contributed by atoms with Gasteiger partial charge in [-0.1, -0.05) is 42.5 Å². The normalized spacial score (nSPS) is 12.3. The second kappa shape index (κ2) is 5.62. The van der Waals surface area contributed by atoms with E-state index in [1.54, 1.807) is 0 Å². The molecule has 2 rings (SSSR count). The largest absolute Gasteiger partial charge is 0.467 e. The van der Waals surface area contributed by atoms with Crippen molar-refractivity contribution >= 4 is 16.7 Å². The molecule has 0 aliphatic heterocycles. The predicted molar refractivity (Wildman–Crippen MR) is 68.7 cm³/mol. The number of rotatable bonds is 4. The van der Waals surface area contributed by atoms with E-state index < -0.39 is 12.1 Å². The summed E-state index contributed by atoms with van der Waals surface area (Å²) in [6, 6.07) is 13.9. The lowest BCUT2D eigenvalue weighted by Gasteiger charge is -2.13. The van der Waals surface area contributed by atoms with Crippen LogP contribution in [0.4, 0.5) is 0 Å². The average molecular weight is 245 g/mol. The Balaban J connectivity index is 2.33. The number of benzene rings is 2. The van der Waals surface area contributed by atoms with E-state index in [1.165, 1.54) is 7.11 Å². The minimum atomic E-state index is -0.777. The first-order chi connectivity index (χ1) is 8.76. The van der Waals surface area contributed by atoms with Crippen LogP contribution in [0.15, 0.2) is 42.5 Å². The SMILES string of the molecule is COC(=O)[C@H](Cc1cccc2ccccc12)ON. The number of carbonyl (C=O) groups excluding carboxylic acids is 1. The van der Waals surface area contributed by atoms with E-state index in [2.05, 4.69) is 9.57 Å². The lowest BCUT2D eigenvalue weighted by molar-refractivity contribution is -0.154. The third kappa shape index (κ3) is 2.50. The quantitative estimate of drug-likeness (QED) is 0.659. The summed E-state index contributed by atoms with van der Waals surface area (Å²) in [5, 5.41) is 2.21. The van der Waals surface area contributed by atoms with E-state index in [1.807, 2.05) is 42.5 Å². The molecule has 0 amide bonds. The highest BCUT2D eigenvalue weighted by molar-refractivity contribution is 5.86. The summed E-state index contributed by atoms with van der Waals surface area (Å²) < 4.78 is 4.64. The van der Waals surface area contributed by atoms with Crippen molar-refractivity contribution in [3.63, 3.8) is 0 Å². The molecule has 18 heavy (non-hydrogen) atoms. The van der Waals surface area contributed by atoms with E-state index in [4.69, 9.17) is 5.90 Å². The molecule has 0 bridgehead atoms. The van der Waals surface area contributed by atoms with Gasteiger partial charge in [0.2, 0.25) is 0 Å². The molecular formula is C14H15NO3. The average Bonchev–Trinajstić information content (AvgIpc) is 2.44. The molecule has 2 N–H and O–H groups in total. The number of carbonyl (C=O) groups is 1. The number of nitrogens with two attached hydrogens (primary N) is 1. The lowest BCUT2D eigenvalue weighted by atomic mass is 10.00. The lowest BCUT2D eigenvalue weighted by Crippen LogP contribution is -2.30. The number of methoxy groups -OCH3 is 1. The van der Waals surface area contributed by atoms with E-state index >= 15 is 0 Å². The zero-order chi connectivity index (χ0) is 13.0. The minimum Gasteiger partial charge on any atom is -0.467 e. The number of ether oxygens (including phenoxy) is 1. The standard InChI is InChI=1S/C14H15NO3/c1-17-14(16)13(18-15)9-11-7-4-6-10-5-2-3-8-12(10)11/h2-8,13H,9,15H2,1H3/t13-/m0/s1. The Kier molecular flexibility index (Phi) is 3.92. The van der Waals surface area contributed by atoms with Gasteiger partial charge < -0.3 is 4.74 Å². The highest BCUT2D eigenvalue weighted by atomic mass is 16.6. The first-order valence-electron chi connectivity index (χ1n) is 5.66. The van der Waals surface area contributed by atoms with E-state index in [-0.39, 0.29) is 0 Å². The maximum absolute atomic E-state index is 11.5. The van der Waals surface area contributed by atoms with Gasteiger partial charge in [-0.25, -0.2) is 10.7 Å². The van der Waals surface area contributed by atoms with Crippen molar-refractivity contribution in [2.24, 2.45) is 5.90 Å². The van der Waals surface area contributed by atoms with Crippen LogP contribution in [0.1, 0.15) is 5.56 Å². The number of esters is 1. The van der Waals surface area contributed by atoms with Gasteiger partial charge >= 0.3 is 5.97 Å².